The molecule has 9 nitrogen and oxygen atoms in total. The van der Waals surface area contributed by atoms with E-state index in [2.05, 4.69) is 19.9 Å². The molecular weight excluding hydrogens is 512 g/mol. The van der Waals surface area contributed by atoms with Gasteiger partial charge in [-0.3, -0.25) is 24.5 Å². The molecule has 0 spiro atoms. The zero-order valence-electron chi connectivity index (χ0n) is 21.2. The zero-order chi connectivity index (χ0) is 27.2. The topological polar surface area (TPSA) is 114 Å². The Morgan fingerprint density at radius 1 is 1.16 bits per heavy atom. The number of unbranched alkanes of at least 4 members (excludes halogenated alkanes) is 3. The van der Waals surface area contributed by atoms with E-state index in [0.717, 1.165) is 31.2 Å². The summed E-state index contributed by atoms with van der Waals surface area (Å²) in [5, 5.41) is 5.60. The number of hydrogen-bond acceptors (Lipinski definition) is 6. The number of carbonyl (C=O) groups excluding carboxylic acids is 4. The lowest BCUT2D eigenvalue weighted by molar-refractivity contribution is -0.136. The standard InChI is InChI=1S/C27H31FN3O6P/c1-36-24-20(28)13-16(14-22(24)38)25(33)29-10-4-2-3-5-11-37-18-6-7-19-17(12-18)15-31(27(19)35)21-8-9-23(32)30-26(21)34/h6-7,12-14,21H,2-5,8-11,15,38H2,1H3,(H,29,33)(H,30,32,34). The Morgan fingerprint density at radius 3 is 2.68 bits per heavy atom. The molecule has 2 unspecified atom stereocenters. The van der Waals surface area contributed by atoms with Crippen LogP contribution in [0.1, 0.15) is 64.8 Å². The van der Waals surface area contributed by atoms with Crippen molar-refractivity contribution in [3.05, 3.63) is 52.8 Å². The average Bonchev–Trinajstić information content (AvgIpc) is 3.20. The van der Waals surface area contributed by atoms with Gasteiger partial charge in [-0.2, -0.15) is 0 Å². The second-order valence-electron chi connectivity index (χ2n) is 9.32. The summed E-state index contributed by atoms with van der Waals surface area (Å²) >= 11 is 0. The van der Waals surface area contributed by atoms with Gasteiger partial charge < -0.3 is 19.7 Å². The van der Waals surface area contributed by atoms with Crippen LogP contribution in [0.5, 0.6) is 11.5 Å². The summed E-state index contributed by atoms with van der Waals surface area (Å²) in [4.78, 5) is 50.2. The van der Waals surface area contributed by atoms with Gasteiger partial charge in [-0.1, -0.05) is 12.8 Å². The molecule has 0 saturated carbocycles. The normalized spacial score (nSPS) is 16.8. The minimum absolute atomic E-state index is 0.108. The number of imide groups is 1. The molecule has 1 saturated heterocycles. The van der Waals surface area contributed by atoms with Crippen LogP contribution in [0.25, 0.3) is 0 Å². The molecule has 2 aliphatic rings. The number of nitrogens with one attached hydrogen (secondary N) is 2. The molecule has 2 atom stereocenters. The van der Waals surface area contributed by atoms with Crippen molar-refractivity contribution in [3.8, 4) is 11.5 Å². The third-order valence-corrected chi connectivity index (χ3v) is 7.09. The smallest absolute Gasteiger partial charge is 0.255 e. The van der Waals surface area contributed by atoms with E-state index in [1.165, 1.54) is 18.1 Å². The highest BCUT2D eigenvalue weighted by atomic mass is 31.0. The highest BCUT2D eigenvalue weighted by Crippen LogP contribution is 2.30. The third-order valence-electron chi connectivity index (χ3n) is 6.66. The fraction of sp³-hybridized carbons (Fsp3) is 0.407. The first-order valence-corrected chi connectivity index (χ1v) is 13.2. The minimum atomic E-state index is -0.637. The SMILES string of the molecule is COc1c(F)cc(C(=O)NCCCCCCOc2ccc3c(c2)CN(C2CCC(=O)NC2=O)C3=O)cc1P. The average molecular weight is 544 g/mol. The summed E-state index contributed by atoms with van der Waals surface area (Å²) in [7, 11) is 3.74. The van der Waals surface area contributed by atoms with Crippen molar-refractivity contribution >= 4 is 38.2 Å². The van der Waals surface area contributed by atoms with Gasteiger partial charge in [0.05, 0.1) is 13.7 Å². The number of nitrogens with zero attached hydrogens (tertiary/aromatic N) is 1. The molecule has 2 heterocycles. The highest BCUT2D eigenvalue weighted by Gasteiger charge is 2.39. The number of hydrogen-bond donors (Lipinski definition) is 2. The van der Waals surface area contributed by atoms with Gasteiger partial charge in [0.2, 0.25) is 11.8 Å². The maximum Gasteiger partial charge on any atom is 0.255 e. The summed E-state index contributed by atoms with van der Waals surface area (Å²) in [6.45, 7) is 1.31. The Bertz CT molecular complexity index is 1230. The Morgan fingerprint density at radius 2 is 1.95 bits per heavy atom. The van der Waals surface area contributed by atoms with Crippen molar-refractivity contribution in [2.75, 3.05) is 20.3 Å². The number of methoxy groups -OCH3 is 1. The van der Waals surface area contributed by atoms with Crippen LogP contribution in [-0.4, -0.2) is 54.8 Å². The van der Waals surface area contributed by atoms with Gasteiger partial charge in [0.15, 0.2) is 11.6 Å². The summed E-state index contributed by atoms with van der Waals surface area (Å²) in [5.74, 6) is -1.08. The van der Waals surface area contributed by atoms with Crippen LogP contribution in [0.3, 0.4) is 0 Å². The monoisotopic (exact) mass is 543 g/mol. The lowest BCUT2D eigenvalue weighted by atomic mass is 10.0. The van der Waals surface area contributed by atoms with E-state index in [9.17, 15) is 23.6 Å². The van der Waals surface area contributed by atoms with Gasteiger partial charge in [0.25, 0.3) is 11.8 Å². The van der Waals surface area contributed by atoms with Crippen LogP contribution < -0.4 is 25.4 Å². The summed E-state index contributed by atoms with van der Waals surface area (Å²) in [6.07, 6.45) is 3.97. The quantitative estimate of drug-likeness (QED) is 0.256. The Balaban J connectivity index is 1.14. The molecule has 2 aliphatic heterocycles. The van der Waals surface area contributed by atoms with Crippen molar-refractivity contribution in [2.24, 2.45) is 0 Å². The van der Waals surface area contributed by atoms with Crippen molar-refractivity contribution < 1.29 is 33.0 Å². The van der Waals surface area contributed by atoms with Crippen LogP contribution in [0, 0.1) is 5.82 Å². The number of halogens is 1. The number of carbonyl (C=O) groups is 4. The molecule has 4 rings (SSSR count). The summed E-state index contributed by atoms with van der Waals surface area (Å²) < 4.78 is 24.8. The van der Waals surface area contributed by atoms with E-state index in [0.29, 0.717) is 42.7 Å². The van der Waals surface area contributed by atoms with Crippen molar-refractivity contribution in [1.29, 1.82) is 0 Å². The number of fused-ring (bicyclic) bond motifs is 1. The molecule has 2 N–H and O–H groups in total. The Kier molecular flexibility index (Phi) is 8.94. The van der Waals surface area contributed by atoms with Gasteiger partial charge in [0.1, 0.15) is 11.8 Å². The fourth-order valence-electron chi connectivity index (χ4n) is 4.68. The van der Waals surface area contributed by atoms with Gasteiger partial charge >= 0.3 is 0 Å². The van der Waals surface area contributed by atoms with Gasteiger partial charge in [-0.15, -0.1) is 9.24 Å². The van der Waals surface area contributed by atoms with Crippen molar-refractivity contribution in [1.82, 2.24) is 15.5 Å². The number of ether oxygens (including phenoxy) is 2. The van der Waals surface area contributed by atoms with Gasteiger partial charge in [-0.05, 0) is 55.2 Å². The van der Waals surface area contributed by atoms with Crippen molar-refractivity contribution in [2.45, 2.75) is 51.1 Å². The van der Waals surface area contributed by atoms with E-state index in [1.807, 2.05) is 6.07 Å². The molecular formula is C27H31FN3O6P. The molecule has 0 bridgehead atoms. The van der Waals surface area contributed by atoms with E-state index >= 15 is 0 Å². The van der Waals surface area contributed by atoms with E-state index in [-0.39, 0.29) is 35.5 Å². The predicted octanol–water partition coefficient (Wildman–Crippen LogP) is 2.46. The second kappa shape index (κ2) is 12.3. The molecule has 2 aromatic carbocycles. The first-order valence-electron chi connectivity index (χ1n) is 12.6. The zero-order valence-corrected chi connectivity index (χ0v) is 22.3. The molecule has 0 aliphatic carbocycles. The van der Waals surface area contributed by atoms with Gasteiger partial charge in [0, 0.05) is 35.9 Å². The van der Waals surface area contributed by atoms with E-state index in [1.54, 1.807) is 18.2 Å². The molecule has 0 radical (unpaired) electrons. The number of amides is 4. The minimum Gasteiger partial charge on any atom is -0.494 e. The lowest BCUT2D eigenvalue weighted by Gasteiger charge is -2.29. The molecule has 1 fully saturated rings. The van der Waals surface area contributed by atoms with Crippen LogP contribution in [0.2, 0.25) is 0 Å². The third kappa shape index (κ3) is 6.30. The summed E-state index contributed by atoms with van der Waals surface area (Å²) in [5.41, 5.74) is 1.60. The van der Waals surface area contributed by atoms with E-state index < -0.39 is 17.8 Å². The second-order valence-corrected chi connectivity index (χ2v) is 9.94. The maximum absolute atomic E-state index is 14.0. The van der Waals surface area contributed by atoms with Crippen LogP contribution in [0.15, 0.2) is 30.3 Å². The molecule has 2 aromatic rings. The summed E-state index contributed by atoms with van der Waals surface area (Å²) in [6, 6.07) is 7.40. The molecule has 4 amide bonds. The van der Waals surface area contributed by atoms with Crippen LogP contribution in [0.4, 0.5) is 4.39 Å². The van der Waals surface area contributed by atoms with Crippen molar-refractivity contribution in [3.63, 3.8) is 0 Å². The first-order chi connectivity index (χ1) is 18.3. The van der Waals surface area contributed by atoms with Crippen LogP contribution in [-0.2, 0) is 16.1 Å². The van der Waals surface area contributed by atoms with E-state index in [4.69, 9.17) is 9.47 Å². The number of piperidine rings is 1. The predicted molar refractivity (Wildman–Crippen MR) is 141 cm³/mol. The fourth-order valence-corrected chi connectivity index (χ4v) is 5.11. The molecule has 0 aromatic heterocycles. The Labute approximate surface area is 222 Å². The number of benzene rings is 2. The lowest BCUT2D eigenvalue weighted by Crippen LogP contribution is -2.52. The number of rotatable bonds is 11. The maximum atomic E-state index is 14.0. The largest absolute Gasteiger partial charge is 0.494 e. The highest BCUT2D eigenvalue weighted by molar-refractivity contribution is 7.27. The molecule has 202 valence electrons. The Hall–Kier alpha value is -3.52. The molecule has 11 heteroatoms. The van der Waals surface area contributed by atoms with Gasteiger partial charge in [-0.25, -0.2) is 4.39 Å². The van der Waals surface area contributed by atoms with Crippen LogP contribution >= 0.6 is 9.24 Å². The first kappa shape index (κ1) is 27.5. The molecule has 38 heavy (non-hydrogen) atoms.